The Labute approximate surface area is 194 Å². The minimum atomic E-state index is -0.269. The van der Waals surface area contributed by atoms with E-state index in [9.17, 15) is 4.79 Å². The van der Waals surface area contributed by atoms with E-state index in [-0.39, 0.29) is 11.9 Å². The third kappa shape index (κ3) is 4.62. The van der Waals surface area contributed by atoms with Crippen LogP contribution in [0.2, 0.25) is 5.02 Å². The van der Waals surface area contributed by atoms with Crippen LogP contribution in [-0.2, 0) is 4.79 Å². The molecule has 0 bridgehead atoms. The highest BCUT2D eigenvalue weighted by atomic mass is 35.5. The number of nitrogens with zero attached hydrogens (tertiary/aromatic N) is 3. The van der Waals surface area contributed by atoms with Gasteiger partial charge in [0.1, 0.15) is 11.5 Å². The minimum Gasteiger partial charge on any atom is -0.497 e. The molecule has 2 aromatic rings. The van der Waals surface area contributed by atoms with Gasteiger partial charge in [0, 0.05) is 34.7 Å². The van der Waals surface area contributed by atoms with Gasteiger partial charge in [0.25, 0.3) is 5.91 Å². The van der Waals surface area contributed by atoms with Crippen LogP contribution in [0.3, 0.4) is 0 Å². The Balaban J connectivity index is 1.68. The average molecular weight is 456 g/mol. The van der Waals surface area contributed by atoms with E-state index < -0.39 is 0 Å². The van der Waals surface area contributed by atoms with Crippen molar-refractivity contribution in [2.45, 2.75) is 44.7 Å². The largest absolute Gasteiger partial charge is 0.497 e. The number of hydrogen-bond donors (Lipinski definition) is 0. The number of piperidine rings is 1. The highest BCUT2D eigenvalue weighted by molar-refractivity contribution is 6.34. The molecule has 7 heteroatoms. The van der Waals surface area contributed by atoms with Gasteiger partial charge in [-0.05, 0) is 44.5 Å². The first-order chi connectivity index (χ1) is 15.5. The lowest BCUT2D eigenvalue weighted by molar-refractivity contribution is -0.135. The second-order valence-electron chi connectivity index (χ2n) is 8.41. The number of likely N-dealkylation sites (tertiary alicyclic amines) is 1. The smallest absolute Gasteiger partial charge is 0.257 e. The van der Waals surface area contributed by atoms with Gasteiger partial charge in [0.05, 0.1) is 32.5 Å². The third-order valence-electron chi connectivity index (χ3n) is 6.43. The van der Waals surface area contributed by atoms with Crippen molar-refractivity contribution >= 4 is 23.2 Å². The Kier molecular flexibility index (Phi) is 7.01. The third-order valence-corrected chi connectivity index (χ3v) is 6.76. The maximum absolute atomic E-state index is 13.5. The summed E-state index contributed by atoms with van der Waals surface area (Å²) in [7, 11) is 3.25. The van der Waals surface area contributed by atoms with Crippen LogP contribution in [0, 0.1) is 0 Å². The number of hydrogen-bond acceptors (Lipinski definition) is 5. The Morgan fingerprint density at radius 1 is 1.16 bits per heavy atom. The van der Waals surface area contributed by atoms with Gasteiger partial charge >= 0.3 is 0 Å². The number of ether oxygens (including phenoxy) is 2. The molecule has 0 saturated carbocycles. The molecule has 170 valence electrons. The Hall–Kier alpha value is -2.57. The fourth-order valence-corrected chi connectivity index (χ4v) is 4.82. The van der Waals surface area contributed by atoms with Crippen LogP contribution in [0.4, 0.5) is 0 Å². The molecule has 0 aromatic heterocycles. The zero-order chi connectivity index (χ0) is 22.7. The van der Waals surface area contributed by atoms with Crippen molar-refractivity contribution in [1.29, 1.82) is 0 Å². The van der Waals surface area contributed by atoms with Gasteiger partial charge in [-0.3, -0.25) is 9.69 Å². The molecule has 0 N–H and O–H groups in total. The van der Waals surface area contributed by atoms with Crippen molar-refractivity contribution in [3.05, 3.63) is 58.6 Å². The first-order valence-electron chi connectivity index (χ1n) is 11.1. The predicted molar refractivity (Wildman–Crippen MR) is 127 cm³/mol. The van der Waals surface area contributed by atoms with Crippen LogP contribution >= 0.6 is 11.6 Å². The molecular formula is C25H30ClN3O3. The second kappa shape index (κ2) is 9.92. The van der Waals surface area contributed by atoms with Gasteiger partial charge in [-0.1, -0.05) is 36.2 Å². The number of rotatable bonds is 6. The van der Waals surface area contributed by atoms with Crippen LogP contribution in [-0.4, -0.2) is 54.9 Å². The van der Waals surface area contributed by atoms with E-state index in [0.29, 0.717) is 35.5 Å². The Morgan fingerprint density at radius 2 is 1.97 bits per heavy atom. The molecule has 4 rings (SSSR count). The number of methoxy groups -OCH3 is 2. The summed E-state index contributed by atoms with van der Waals surface area (Å²) in [4.78, 5) is 15.8. The first-order valence-corrected chi connectivity index (χ1v) is 11.5. The van der Waals surface area contributed by atoms with Crippen molar-refractivity contribution in [2.24, 2.45) is 5.10 Å². The molecule has 0 aliphatic carbocycles. The fraction of sp³-hybridized carbons (Fsp3) is 0.440. The standard InChI is InChI=1S/C25H30ClN3O3/c1-17-8-6-7-13-28(17)16-25(30)29-23(20-12-11-18(31-2)14-24(20)32-3)15-22(27-29)19-9-4-5-10-21(19)26/h4-5,9-12,14,17,23H,6-8,13,15-16H2,1-3H3/t17-,23-/m0/s1. The predicted octanol–water partition coefficient (Wildman–Crippen LogP) is 4.91. The highest BCUT2D eigenvalue weighted by Gasteiger charge is 2.36. The van der Waals surface area contributed by atoms with Crippen molar-refractivity contribution in [2.75, 3.05) is 27.3 Å². The zero-order valence-corrected chi connectivity index (χ0v) is 19.6. The lowest BCUT2D eigenvalue weighted by Gasteiger charge is -2.34. The maximum Gasteiger partial charge on any atom is 0.257 e. The van der Waals surface area contributed by atoms with Crippen molar-refractivity contribution in [3.63, 3.8) is 0 Å². The lowest BCUT2D eigenvalue weighted by atomic mass is 9.97. The maximum atomic E-state index is 13.5. The topological polar surface area (TPSA) is 54.4 Å². The van der Waals surface area contributed by atoms with Gasteiger partial charge in [0.2, 0.25) is 0 Å². The van der Waals surface area contributed by atoms with E-state index in [0.717, 1.165) is 36.2 Å². The van der Waals surface area contributed by atoms with Gasteiger partial charge in [-0.2, -0.15) is 5.10 Å². The molecule has 2 aromatic carbocycles. The summed E-state index contributed by atoms with van der Waals surface area (Å²) in [5, 5.41) is 7.05. The first kappa shape index (κ1) is 22.6. The van der Waals surface area contributed by atoms with Crippen LogP contribution < -0.4 is 9.47 Å². The van der Waals surface area contributed by atoms with Gasteiger partial charge in [-0.25, -0.2) is 5.01 Å². The Bertz CT molecular complexity index is 1010. The van der Waals surface area contributed by atoms with Crippen LogP contribution in [0.1, 0.15) is 49.8 Å². The SMILES string of the molecule is COc1ccc([C@@H]2CC(c3ccccc3Cl)=NN2C(=O)CN2CCCC[C@@H]2C)c(OC)c1. The van der Waals surface area contributed by atoms with Gasteiger partial charge < -0.3 is 9.47 Å². The van der Waals surface area contributed by atoms with Gasteiger partial charge in [-0.15, -0.1) is 0 Å². The summed E-state index contributed by atoms with van der Waals surface area (Å²) in [5.74, 6) is 1.37. The molecule has 1 fully saturated rings. The summed E-state index contributed by atoms with van der Waals surface area (Å²) >= 11 is 6.46. The van der Waals surface area contributed by atoms with Crippen molar-refractivity contribution < 1.29 is 14.3 Å². The van der Waals surface area contributed by atoms with E-state index in [1.54, 1.807) is 19.2 Å². The van der Waals surface area contributed by atoms with E-state index in [2.05, 4.69) is 11.8 Å². The summed E-state index contributed by atoms with van der Waals surface area (Å²) in [6.07, 6.45) is 4.03. The Morgan fingerprint density at radius 3 is 2.69 bits per heavy atom. The molecule has 1 amide bonds. The molecule has 32 heavy (non-hydrogen) atoms. The molecule has 2 aliphatic rings. The molecule has 0 radical (unpaired) electrons. The molecule has 6 nitrogen and oxygen atoms in total. The molecule has 2 aliphatic heterocycles. The summed E-state index contributed by atoms with van der Waals surface area (Å²) < 4.78 is 11.0. The van der Waals surface area contributed by atoms with Crippen LogP contribution in [0.15, 0.2) is 47.6 Å². The van der Waals surface area contributed by atoms with E-state index in [1.807, 2.05) is 42.5 Å². The van der Waals surface area contributed by atoms with E-state index >= 15 is 0 Å². The number of carbonyl (C=O) groups excluding carboxylic acids is 1. The monoisotopic (exact) mass is 455 g/mol. The normalized spacial score (nSPS) is 21.4. The summed E-state index contributed by atoms with van der Waals surface area (Å²) in [6.45, 7) is 3.49. The van der Waals surface area contributed by atoms with Gasteiger partial charge in [0.15, 0.2) is 0 Å². The number of halogens is 1. The molecule has 2 atom stereocenters. The number of hydrazone groups is 1. The summed E-state index contributed by atoms with van der Waals surface area (Å²) in [5.41, 5.74) is 2.56. The van der Waals surface area contributed by atoms with E-state index in [4.69, 9.17) is 26.2 Å². The molecule has 0 unspecified atom stereocenters. The van der Waals surface area contributed by atoms with Crippen LogP contribution in [0.25, 0.3) is 0 Å². The lowest BCUT2D eigenvalue weighted by Crippen LogP contribution is -2.44. The minimum absolute atomic E-state index is 0.0105. The molecule has 0 spiro atoms. The van der Waals surface area contributed by atoms with Crippen molar-refractivity contribution in [1.82, 2.24) is 9.91 Å². The number of benzene rings is 2. The molecule has 1 saturated heterocycles. The number of amides is 1. The fourth-order valence-electron chi connectivity index (χ4n) is 4.57. The average Bonchev–Trinajstić information content (AvgIpc) is 3.25. The molecule has 2 heterocycles. The van der Waals surface area contributed by atoms with E-state index in [1.165, 1.54) is 6.42 Å². The quantitative estimate of drug-likeness (QED) is 0.621. The molecular weight excluding hydrogens is 426 g/mol. The summed E-state index contributed by atoms with van der Waals surface area (Å²) in [6, 6.07) is 13.5. The van der Waals surface area contributed by atoms with Crippen LogP contribution in [0.5, 0.6) is 11.5 Å². The number of carbonyl (C=O) groups is 1. The second-order valence-corrected chi connectivity index (χ2v) is 8.82. The van der Waals surface area contributed by atoms with Crippen molar-refractivity contribution in [3.8, 4) is 11.5 Å². The zero-order valence-electron chi connectivity index (χ0n) is 18.9. The highest BCUT2D eigenvalue weighted by Crippen LogP contribution is 2.40.